The van der Waals surface area contributed by atoms with Crippen LogP contribution in [0.4, 0.5) is 0 Å². The van der Waals surface area contributed by atoms with Crippen LogP contribution in [0.15, 0.2) is 29.4 Å². The summed E-state index contributed by atoms with van der Waals surface area (Å²) in [6.07, 6.45) is 0. The largest absolute Gasteiger partial charge is 0.410 e. The van der Waals surface area contributed by atoms with E-state index in [1.165, 1.54) is 6.92 Å². The maximum Gasteiger partial charge on any atom is 0.217 e. The van der Waals surface area contributed by atoms with Gasteiger partial charge in [-0.3, -0.25) is 4.79 Å². The Bertz CT molecular complexity index is 374. The van der Waals surface area contributed by atoms with E-state index in [9.17, 15) is 4.79 Å². The third-order valence-corrected chi connectivity index (χ3v) is 2.12. The number of hydrogen-bond acceptors (Lipinski definition) is 3. The van der Waals surface area contributed by atoms with Gasteiger partial charge < -0.3 is 10.5 Å². The summed E-state index contributed by atoms with van der Waals surface area (Å²) in [5.41, 5.74) is 1.59. The van der Waals surface area contributed by atoms with E-state index in [1.54, 1.807) is 24.3 Å². The fourth-order valence-corrected chi connectivity index (χ4v) is 1.17. The van der Waals surface area contributed by atoms with Crippen molar-refractivity contribution in [1.29, 1.82) is 0 Å². The molecule has 0 unspecified atom stereocenters. The van der Waals surface area contributed by atoms with Crippen LogP contribution in [0.5, 0.6) is 0 Å². The molecule has 0 aliphatic rings. The molecule has 1 aromatic carbocycles. The van der Waals surface area contributed by atoms with Gasteiger partial charge in [0, 0.05) is 19.0 Å². The fraction of sp³-hybridized carbons (Fsp3) is 0.200. The van der Waals surface area contributed by atoms with Crippen molar-refractivity contribution in [3.63, 3.8) is 0 Å². The van der Waals surface area contributed by atoms with Gasteiger partial charge in [0.05, 0.1) is 0 Å². The lowest BCUT2D eigenvalue weighted by Crippen LogP contribution is -2.18. The molecule has 0 radical (unpaired) electrons. The molecule has 0 aliphatic heterocycles. The highest BCUT2D eigenvalue weighted by Gasteiger charge is 2.00. The normalized spacial score (nSPS) is 11.2. The standard InChI is InChI=1S/C10H11ClN2O2/c1-7(14)12-6-8-2-4-9(5-3-8)10(11)13-15/h2-5,15H,6H2,1H3,(H,12,14)/b13-10-. The number of carbonyl (C=O) groups excluding carboxylic acids is 1. The van der Waals surface area contributed by atoms with Crippen LogP contribution in [0.2, 0.25) is 0 Å². The highest BCUT2D eigenvalue weighted by molar-refractivity contribution is 6.69. The molecule has 0 saturated heterocycles. The number of oxime groups is 1. The third kappa shape index (κ3) is 3.59. The molecule has 1 rings (SSSR count). The van der Waals surface area contributed by atoms with Gasteiger partial charge in [0.25, 0.3) is 0 Å². The van der Waals surface area contributed by atoms with Crippen LogP contribution in [-0.2, 0) is 11.3 Å². The summed E-state index contributed by atoms with van der Waals surface area (Å²) in [6, 6.07) is 7.05. The molecule has 0 atom stereocenters. The molecule has 0 spiro atoms. The van der Waals surface area contributed by atoms with Crippen molar-refractivity contribution in [3.05, 3.63) is 35.4 Å². The van der Waals surface area contributed by atoms with Crippen LogP contribution in [0.3, 0.4) is 0 Å². The number of nitrogens with zero attached hydrogens (tertiary/aromatic N) is 1. The molecule has 0 aromatic heterocycles. The van der Waals surface area contributed by atoms with Gasteiger partial charge in [-0.2, -0.15) is 0 Å². The van der Waals surface area contributed by atoms with Gasteiger partial charge in [0.15, 0.2) is 5.17 Å². The Hall–Kier alpha value is -1.55. The molecule has 80 valence electrons. The van der Waals surface area contributed by atoms with Gasteiger partial charge >= 0.3 is 0 Å². The zero-order valence-corrected chi connectivity index (χ0v) is 8.95. The first-order chi connectivity index (χ1) is 7.13. The van der Waals surface area contributed by atoms with Crippen molar-refractivity contribution >= 4 is 22.7 Å². The van der Waals surface area contributed by atoms with E-state index in [1.807, 2.05) is 0 Å². The SMILES string of the molecule is CC(=O)NCc1ccc(/C(Cl)=N/O)cc1. The maximum atomic E-state index is 10.7. The van der Waals surface area contributed by atoms with E-state index in [-0.39, 0.29) is 11.1 Å². The molecule has 4 nitrogen and oxygen atoms in total. The van der Waals surface area contributed by atoms with E-state index >= 15 is 0 Å². The zero-order chi connectivity index (χ0) is 11.3. The van der Waals surface area contributed by atoms with Gasteiger partial charge in [-0.1, -0.05) is 41.0 Å². The minimum Gasteiger partial charge on any atom is -0.410 e. The molecular weight excluding hydrogens is 216 g/mol. The summed E-state index contributed by atoms with van der Waals surface area (Å²) >= 11 is 5.60. The van der Waals surface area contributed by atoms with Crippen LogP contribution in [0, 0.1) is 0 Å². The second kappa shape index (κ2) is 5.36. The van der Waals surface area contributed by atoms with Crippen LogP contribution >= 0.6 is 11.6 Å². The van der Waals surface area contributed by atoms with E-state index in [4.69, 9.17) is 16.8 Å². The number of halogens is 1. The topological polar surface area (TPSA) is 61.7 Å². The number of carbonyl (C=O) groups is 1. The quantitative estimate of drug-likeness (QED) is 0.468. The Balaban J connectivity index is 2.68. The molecule has 0 fully saturated rings. The van der Waals surface area contributed by atoms with Crippen LogP contribution < -0.4 is 5.32 Å². The van der Waals surface area contributed by atoms with E-state index in [0.29, 0.717) is 12.1 Å². The van der Waals surface area contributed by atoms with E-state index in [0.717, 1.165) is 5.56 Å². The molecule has 15 heavy (non-hydrogen) atoms. The van der Waals surface area contributed by atoms with Crippen molar-refractivity contribution in [2.45, 2.75) is 13.5 Å². The number of nitrogens with one attached hydrogen (secondary N) is 1. The Morgan fingerprint density at radius 1 is 1.47 bits per heavy atom. The average Bonchev–Trinajstić information content (AvgIpc) is 2.26. The van der Waals surface area contributed by atoms with Gasteiger partial charge in [0.2, 0.25) is 5.91 Å². The lowest BCUT2D eigenvalue weighted by molar-refractivity contribution is -0.119. The van der Waals surface area contributed by atoms with Crippen molar-refractivity contribution in [2.24, 2.45) is 5.16 Å². The van der Waals surface area contributed by atoms with Crippen molar-refractivity contribution in [1.82, 2.24) is 5.32 Å². The van der Waals surface area contributed by atoms with Crippen molar-refractivity contribution in [2.75, 3.05) is 0 Å². The van der Waals surface area contributed by atoms with Gasteiger partial charge in [0.1, 0.15) is 0 Å². The smallest absolute Gasteiger partial charge is 0.217 e. The van der Waals surface area contributed by atoms with Gasteiger partial charge in [-0.15, -0.1) is 0 Å². The molecule has 0 aliphatic carbocycles. The van der Waals surface area contributed by atoms with E-state index in [2.05, 4.69) is 10.5 Å². The van der Waals surface area contributed by atoms with Gasteiger partial charge in [-0.25, -0.2) is 0 Å². The first-order valence-electron chi connectivity index (χ1n) is 4.35. The number of rotatable bonds is 3. The summed E-state index contributed by atoms with van der Waals surface area (Å²) in [4.78, 5) is 10.7. The molecule has 5 heteroatoms. The Kier molecular flexibility index (Phi) is 4.12. The lowest BCUT2D eigenvalue weighted by atomic mass is 10.1. The van der Waals surface area contributed by atoms with Crippen molar-refractivity contribution < 1.29 is 10.0 Å². The minimum atomic E-state index is -0.0750. The number of benzene rings is 1. The highest BCUT2D eigenvalue weighted by atomic mass is 35.5. The maximum absolute atomic E-state index is 10.7. The second-order valence-corrected chi connectivity index (χ2v) is 3.36. The summed E-state index contributed by atoms with van der Waals surface area (Å²) in [6.45, 7) is 1.94. The molecule has 0 heterocycles. The fourth-order valence-electron chi connectivity index (χ4n) is 1.04. The highest BCUT2D eigenvalue weighted by Crippen LogP contribution is 2.07. The van der Waals surface area contributed by atoms with E-state index < -0.39 is 0 Å². The monoisotopic (exact) mass is 226 g/mol. The predicted molar refractivity (Wildman–Crippen MR) is 58.1 cm³/mol. The molecule has 0 bridgehead atoms. The molecular formula is C10H11ClN2O2. The number of amides is 1. The number of hydrogen-bond donors (Lipinski definition) is 2. The first kappa shape index (κ1) is 11.5. The predicted octanol–water partition coefficient (Wildman–Crippen LogP) is 1.70. The second-order valence-electron chi connectivity index (χ2n) is 3.00. The summed E-state index contributed by atoms with van der Waals surface area (Å²) in [5, 5.41) is 14.0. The zero-order valence-electron chi connectivity index (χ0n) is 8.20. The third-order valence-electron chi connectivity index (χ3n) is 1.82. The molecule has 1 aromatic rings. The summed E-state index contributed by atoms with van der Waals surface area (Å²) in [5.74, 6) is -0.0750. The average molecular weight is 227 g/mol. The Morgan fingerprint density at radius 2 is 2.07 bits per heavy atom. The van der Waals surface area contributed by atoms with Gasteiger partial charge in [-0.05, 0) is 5.56 Å². The summed E-state index contributed by atoms with van der Waals surface area (Å²) in [7, 11) is 0. The molecule has 2 N–H and O–H groups in total. The molecule has 0 saturated carbocycles. The van der Waals surface area contributed by atoms with Crippen molar-refractivity contribution in [3.8, 4) is 0 Å². The minimum absolute atomic E-state index is 0.0427. The first-order valence-corrected chi connectivity index (χ1v) is 4.72. The summed E-state index contributed by atoms with van der Waals surface area (Å²) < 4.78 is 0. The molecule has 1 amide bonds. The Labute approximate surface area is 92.5 Å². The van der Waals surface area contributed by atoms with Crippen LogP contribution in [-0.4, -0.2) is 16.3 Å². The van der Waals surface area contributed by atoms with Crippen LogP contribution in [0.1, 0.15) is 18.1 Å². The van der Waals surface area contributed by atoms with Crippen LogP contribution in [0.25, 0.3) is 0 Å². The lowest BCUT2D eigenvalue weighted by Gasteiger charge is -2.03. The Morgan fingerprint density at radius 3 is 2.53 bits per heavy atom.